The Balaban J connectivity index is 4.08. The van der Waals surface area contributed by atoms with Crippen molar-refractivity contribution in [3.05, 3.63) is 0 Å². The Hall–Kier alpha value is -1.06. The standard InChI is InChI=1S/C7H13N2O2/c1-3-5(2)6(7(8)11)9-4-10/h5-6H,3H2,1-2H3,(H2,8,11)(H,9,10). The van der Waals surface area contributed by atoms with Crippen molar-refractivity contribution in [2.24, 2.45) is 11.7 Å². The SMILES string of the molecule is CCC(C)C(N[C]=O)C(N)=O. The molecule has 2 unspecified atom stereocenters. The van der Waals surface area contributed by atoms with Crippen LogP contribution in [-0.2, 0) is 9.59 Å². The lowest BCUT2D eigenvalue weighted by Crippen LogP contribution is -2.44. The molecule has 0 spiro atoms. The second kappa shape index (κ2) is 4.71. The highest BCUT2D eigenvalue weighted by molar-refractivity contribution is 5.82. The third-order valence-corrected chi connectivity index (χ3v) is 1.73. The van der Waals surface area contributed by atoms with Gasteiger partial charge in [0.25, 0.3) is 0 Å². The summed E-state index contributed by atoms with van der Waals surface area (Å²) in [6.07, 6.45) is 2.26. The van der Waals surface area contributed by atoms with Gasteiger partial charge in [-0.25, -0.2) is 0 Å². The second-order valence-electron chi connectivity index (χ2n) is 2.51. The first-order valence-corrected chi connectivity index (χ1v) is 3.55. The molecule has 0 bridgehead atoms. The molecule has 1 radical (unpaired) electrons. The Morgan fingerprint density at radius 1 is 1.73 bits per heavy atom. The number of primary amides is 1. The molecule has 0 aliphatic heterocycles. The normalized spacial score (nSPS) is 15.1. The van der Waals surface area contributed by atoms with E-state index in [0.717, 1.165) is 6.42 Å². The van der Waals surface area contributed by atoms with Crippen LogP contribution in [0.4, 0.5) is 0 Å². The maximum Gasteiger partial charge on any atom is 0.309 e. The van der Waals surface area contributed by atoms with Crippen LogP contribution in [0.15, 0.2) is 0 Å². The summed E-state index contributed by atoms with van der Waals surface area (Å²) in [5.74, 6) is -0.448. The molecule has 4 nitrogen and oxygen atoms in total. The molecule has 0 aromatic heterocycles. The summed E-state index contributed by atoms with van der Waals surface area (Å²) in [4.78, 5) is 20.6. The van der Waals surface area contributed by atoms with E-state index in [0.29, 0.717) is 0 Å². The van der Waals surface area contributed by atoms with Crippen molar-refractivity contribution in [3.8, 4) is 0 Å². The third kappa shape index (κ3) is 3.02. The van der Waals surface area contributed by atoms with E-state index in [1.807, 2.05) is 13.8 Å². The number of carbonyl (C=O) groups excluding carboxylic acids is 2. The molecule has 11 heavy (non-hydrogen) atoms. The van der Waals surface area contributed by atoms with Crippen LogP contribution in [0.5, 0.6) is 0 Å². The van der Waals surface area contributed by atoms with Crippen LogP contribution in [0.3, 0.4) is 0 Å². The fourth-order valence-corrected chi connectivity index (χ4v) is 0.793. The van der Waals surface area contributed by atoms with Gasteiger partial charge >= 0.3 is 6.41 Å². The van der Waals surface area contributed by atoms with Gasteiger partial charge in [-0.3, -0.25) is 9.59 Å². The van der Waals surface area contributed by atoms with E-state index in [1.165, 1.54) is 6.41 Å². The molecule has 2 atom stereocenters. The number of carbonyl (C=O) groups is 1. The van der Waals surface area contributed by atoms with Crippen molar-refractivity contribution >= 4 is 12.3 Å². The van der Waals surface area contributed by atoms with Crippen molar-refractivity contribution in [1.29, 1.82) is 0 Å². The lowest BCUT2D eigenvalue weighted by atomic mass is 9.99. The molecule has 3 N–H and O–H groups in total. The van der Waals surface area contributed by atoms with Gasteiger partial charge in [-0.05, 0) is 5.92 Å². The molecule has 0 rings (SSSR count). The number of hydrogen-bond acceptors (Lipinski definition) is 2. The van der Waals surface area contributed by atoms with Crippen molar-refractivity contribution in [2.45, 2.75) is 26.3 Å². The maximum atomic E-state index is 10.7. The highest BCUT2D eigenvalue weighted by Crippen LogP contribution is 2.05. The van der Waals surface area contributed by atoms with Crippen LogP contribution in [0.25, 0.3) is 0 Å². The topological polar surface area (TPSA) is 72.2 Å². The number of amides is 2. The predicted molar refractivity (Wildman–Crippen MR) is 41.3 cm³/mol. The lowest BCUT2D eigenvalue weighted by Gasteiger charge is -2.17. The molecular formula is C7H13N2O2. The van der Waals surface area contributed by atoms with Crippen LogP contribution < -0.4 is 11.1 Å². The van der Waals surface area contributed by atoms with Crippen LogP contribution in [0, 0.1) is 5.92 Å². The molecule has 2 amide bonds. The average molecular weight is 157 g/mol. The second-order valence-corrected chi connectivity index (χ2v) is 2.51. The first-order chi connectivity index (χ1) is 5.13. The molecule has 0 aromatic rings. The first-order valence-electron chi connectivity index (χ1n) is 3.55. The Morgan fingerprint density at radius 2 is 2.27 bits per heavy atom. The molecule has 63 valence electrons. The molecular weight excluding hydrogens is 144 g/mol. The summed E-state index contributed by atoms with van der Waals surface area (Å²) in [6.45, 7) is 3.77. The molecule has 0 saturated carbocycles. The molecule has 0 heterocycles. The zero-order valence-electron chi connectivity index (χ0n) is 6.76. The van der Waals surface area contributed by atoms with Crippen LogP contribution in [-0.4, -0.2) is 18.4 Å². The van der Waals surface area contributed by atoms with Crippen LogP contribution >= 0.6 is 0 Å². The largest absolute Gasteiger partial charge is 0.368 e. The Kier molecular flexibility index (Phi) is 4.26. The molecule has 0 saturated heterocycles. The van der Waals surface area contributed by atoms with E-state index in [9.17, 15) is 9.59 Å². The van der Waals surface area contributed by atoms with Crippen LogP contribution in [0.1, 0.15) is 20.3 Å². The van der Waals surface area contributed by atoms with Gasteiger partial charge in [-0.15, -0.1) is 0 Å². The summed E-state index contributed by atoms with van der Waals surface area (Å²) in [7, 11) is 0. The highest BCUT2D eigenvalue weighted by atomic mass is 16.2. The van der Waals surface area contributed by atoms with Gasteiger partial charge in [-0.2, -0.15) is 0 Å². The zero-order chi connectivity index (χ0) is 8.85. The molecule has 0 aliphatic rings. The fourth-order valence-electron chi connectivity index (χ4n) is 0.793. The Bertz CT molecular complexity index is 147. The number of nitrogens with two attached hydrogens (primary N) is 1. The van der Waals surface area contributed by atoms with Gasteiger partial charge in [0.05, 0.1) is 0 Å². The molecule has 4 heteroatoms. The van der Waals surface area contributed by atoms with Gasteiger partial charge < -0.3 is 11.1 Å². The van der Waals surface area contributed by atoms with Gasteiger partial charge in [0.15, 0.2) is 0 Å². The van der Waals surface area contributed by atoms with Gasteiger partial charge in [0.1, 0.15) is 6.04 Å². The summed E-state index contributed by atoms with van der Waals surface area (Å²) in [5, 5.41) is 2.25. The zero-order valence-corrected chi connectivity index (χ0v) is 6.76. The van der Waals surface area contributed by atoms with Crippen molar-refractivity contribution in [2.75, 3.05) is 0 Å². The summed E-state index contributed by atoms with van der Waals surface area (Å²) in [6, 6.07) is -0.586. The van der Waals surface area contributed by atoms with E-state index in [2.05, 4.69) is 5.32 Å². The van der Waals surface area contributed by atoms with Crippen molar-refractivity contribution in [1.82, 2.24) is 5.32 Å². The highest BCUT2D eigenvalue weighted by Gasteiger charge is 2.20. The number of rotatable bonds is 5. The maximum absolute atomic E-state index is 10.7. The fraction of sp³-hybridized carbons (Fsp3) is 0.714. The summed E-state index contributed by atoms with van der Waals surface area (Å²) >= 11 is 0. The Labute approximate surface area is 66.1 Å². The Morgan fingerprint density at radius 3 is 2.55 bits per heavy atom. The minimum absolute atomic E-state index is 0.0638. The number of hydrogen-bond donors (Lipinski definition) is 2. The molecule has 0 aromatic carbocycles. The summed E-state index contributed by atoms with van der Waals surface area (Å²) in [5.41, 5.74) is 5.02. The molecule has 0 aliphatic carbocycles. The lowest BCUT2D eigenvalue weighted by molar-refractivity contribution is -0.120. The van der Waals surface area contributed by atoms with E-state index in [1.54, 1.807) is 0 Å². The minimum Gasteiger partial charge on any atom is -0.368 e. The predicted octanol–water partition coefficient (Wildman–Crippen LogP) is -0.457. The van der Waals surface area contributed by atoms with Gasteiger partial charge in [0.2, 0.25) is 5.91 Å². The smallest absolute Gasteiger partial charge is 0.309 e. The van der Waals surface area contributed by atoms with Crippen molar-refractivity contribution < 1.29 is 9.59 Å². The quantitative estimate of drug-likeness (QED) is 0.530. The third-order valence-electron chi connectivity index (χ3n) is 1.73. The monoisotopic (exact) mass is 157 g/mol. The van der Waals surface area contributed by atoms with Gasteiger partial charge in [0, 0.05) is 0 Å². The average Bonchev–Trinajstić information content (AvgIpc) is 1.98. The van der Waals surface area contributed by atoms with Crippen molar-refractivity contribution in [3.63, 3.8) is 0 Å². The van der Waals surface area contributed by atoms with E-state index < -0.39 is 11.9 Å². The van der Waals surface area contributed by atoms with E-state index >= 15 is 0 Å². The van der Waals surface area contributed by atoms with Crippen LogP contribution in [0.2, 0.25) is 0 Å². The first kappa shape index (κ1) is 9.94. The van der Waals surface area contributed by atoms with Gasteiger partial charge in [-0.1, -0.05) is 20.3 Å². The number of nitrogens with one attached hydrogen (secondary N) is 1. The summed E-state index contributed by atoms with van der Waals surface area (Å²) < 4.78 is 0. The van der Waals surface area contributed by atoms with E-state index in [4.69, 9.17) is 5.73 Å². The molecule has 0 fully saturated rings. The minimum atomic E-state index is -0.586. The van der Waals surface area contributed by atoms with E-state index in [-0.39, 0.29) is 5.92 Å².